The number of halogens is 2. The lowest BCUT2D eigenvalue weighted by atomic mass is 9.85. The standard InChI is InChI=1S/C13H17BrFN3O/c1-18(7-8-3-2-4-8)10-6-5-9(13(16)17-19)11(14)12(10)15/h5-6,8,19H,2-4,7H2,1H3,(H2,16,17). The maximum absolute atomic E-state index is 14.3. The van der Waals surface area contributed by atoms with Crippen LogP contribution >= 0.6 is 15.9 Å². The molecule has 0 aliphatic heterocycles. The lowest BCUT2D eigenvalue weighted by Gasteiger charge is -2.31. The molecule has 4 nitrogen and oxygen atoms in total. The van der Waals surface area contributed by atoms with Crippen LogP contribution in [0, 0.1) is 11.7 Å². The van der Waals surface area contributed by atoms with Crippen LogP contribution in [-0.2, 0) is 0 Å². The number of benzene rings is 1. The molecule has 0 unspecified atom stereocenters. The molecule has 3 N–H and O–H groups in total. The van der Waals surface area contributed by atoms with Crippen LogP contribution in [0.15, 0.2) is 21.8 Å². The number of hydrogen-bond donors (Lipinski definition) is 2. The SMILES string of the molecule is CN(CC1CCC1)c1ccc(/C(N)=N/O)c(Br)c1F. The molecule has 0 heterocycles. The maximum Gasteiger partial charge on any atom is 0.171 e. The quantitative estimate of drug-likeness (QED) is 0.386. The van der Waals surface area contributed by atoms with E-state index in [0.29, 0.717) is 17.2 Å². The van der Waals surface area contributed by atoms with Gasteiger partial charge < -0.3 is 15.8 Å². The van der Waals surface area contributed by atoms with Crippen molar-refractivity contribution in [3.05, 3.63) is 28.0 Å². The predicted octanol–water partition coefficient (Wildman–Crippen LogP) is 2.92. The maximum atomic E-state index is 14.3. The Morgan fingerprint density at radius 3 is 2.79 bits per heavy atom. The molecule has 104 valence electrons. The van der Waals surface area contributed by atoms with Crippen LogP contribution in [0.1, 0.15) is 24.8 Å². The Morgan fingerprint density at radius 1 is 1.58 bits per heavy atom. The summed E-state index contributed by atoms with van der Waals surface area (Å²) < 4.78 is 14.5. The molecule has 1 aliphatic carbocycles. The molecule has 1 aromatic rings. The number of nitrogens with zero attached hydrogens (tertiary/aromatic N) is 2. The van der Waals surface area contributed by atoms with E-state index < -0.39 is 0 Å². The van der Waals surface area contributed by atoms with E-state index in [2.05, 4.69) is 21.1 Å². The molecule has 1 aromatic carbocycles. The van der Waals surface area contributed by atoms with Crippen molar-refractivity contribution in [2.24, 2.45) is 16.8 Å². The minimum Gasteiger partial charge on any atom is -0.409 e. The Labute approximate surface area is 120 Å². The van der Waals surface area contributed by atoms with Gasteiger partial charge in [-0.25, -0.2) is 4.39 Å². The lowest BCUT2D eigenvalue weighted by Crippen LogP contribution is -2.30. The van der Waals surface area contributed by atoms with Gasteiger partial charge in [0, 0.05) is 19.2 Å². The summed E-state index contributed by atoms with van der Waals surface area (Å²) in [5.41, 5.74) is 6.36. The number of amidine groups is 1. The first-order valence-corrected chi connectivity index (χ1v) is 7.01. The molecular weight excluding hydrogens is 313 g/mol. The summed E-state index contributed by atoms with van der Waals surface area (Å²) in [4.78, 5) is 1.92. The summed E-state index contributed by atoms with van der Waals surface area (Å²) in [7, 11) is 1.88. The van der Waals surface area contributed by atoms with E-state index in [9.17, 15) is 4.39 Å². The second-order valence-electron chi connectivity index (χ2n) is 4.92. The Kier molecular flexibility index (Phi) is 4.29. The van der Waals surface area contributed by atoms with Crippen molar-refractivity contribution in [3.8, 4) is 0 Å². The molecule has 2 rings (SSSR count). The number of oxime groups is 1. The Hall–Kier alpha value is -1.30. The number of anilines is 1. The van der Waals surface area contributed by atoms with Gasteiger partial charge in [0.2, 0.25) is 0 Å². The Bertz CT molecular complexity index is 503. The average Bonchev–Trinajstić information content (AvgIpc) is 2.36. The smallest absolute Gasteiger partial charge is 0.171 e. The molecule has 1 fully saturated rings. The fourth-order valence-corrected chi connectivity index (χ4v) is 2.79. The minimum absolute atomic E-state index is 0.112. The van der Waals surface area contributed by atoms with Gasteiger partial charge in [0.05, 0.1) is 10.2 Å². The van der Waals surface area contributed by atoms with Crippen LogP contribution in [0.25, 0.3) is 0 Å². The number of nitrogens with two attached hydrogens (primary N) is 1. The lowest BCUT2D eigenvalue weighted by molar-refractivity contribution is 0.318. The van der Waals surface area contributed by atoms with Gasteiger partial charge in [-0.3, -0.25) is 0 Å². The zero-order valence-corrected chi connectivity index (χ0v) is 12.3. The summed E-state index contributed by atoms with van der Waals surface area (Å²) in [6, 6.07) is 3.31. The van der Waals surface area contributed by atoms with Crippen molar-refractivity contribution < 1.29 is 9.60 Å². The van der Waals surface area contributed by atoms with Crippen LogP contribution in [0.2, 0.25) is 0 Å². The molecule has 6 heteroatoms. The van der Waals surface area contributed by atoms with E-state index in [4.69, 9.17) is 10.9 Å². The summed E-state index contributed by atoms with van der Waals surface area (Å²) in [6.07, 6.45) is 3.71. The first-order valence-electron chi connectivity index (χ1n) is 6.21. The Balaban J connectivity index is 2.24. The first kappa shape index (κ1) is 14.1. The van der Waals surface area contributed by atoms with Crippen LogP contribution < -0.4 is 10.6 Å². The van der Waals surface area contributed by atoms with E-state index in [1.165, 1.54) is 19.3 Å². The molecule has 1 aliphatic rings. The van der Waals surface area contributed by atoms with Gasteiger partial charge in [0.15, 0.2) is 11.7 Å². The van der Waals surface area contributed by atoms with Crippen molar-refractivity contribution in [3.63, 3.8) is 0 Å². The van der Waals surface area contributed by atoms with Crippen molar-refractivity contribution in [1.29, 1.82) is 0 Å². The van der Waals surface area contributed by atoms with E-state index >= 15 is 0 Å². The minimum atomic E-state index is -0.383. The van der Waals surface area contributed by atoms with Crippen LogP contribution in [0.3, 0.4) is 0 Å². The molecular formula is C13H17BrFN3O. The summed E-state index contributed by atoms with van der Waals surface area (Å²) in [6.45, 7) is 0.853. The van der Waals surface area contributed by atoms with Gasteiger partial charge in [-0.05, 0) is 46.8 Å². The number of rotatable bonds is 4. The molecule has 0 aromatic heterocycles. The van der Waals surface area contributed by atoms with Crippen LogP contribution in [0.5, 0.6) is 0 Å². The second kappa shape index (κ2) is 5.77. The Morgan fingerprint density at radius 2 is 2.26 bits per heavy atom. The summed E-state index contributed by atoms with van der Waals surface area (Å²) in [5, 5.41) is 11.5. The highest BCUT2D eigenvalue weighted by atomic mass is 79.9. The van der Waals surface area contributed by atoms with Gasteiger partial charge in [-0.1, -0.05) is 11.6 Å². The van der Waals surface area contributed by atoms with Crippen molar-refractivity contribution in [1.82, 2.24) is 0 Å². The first-order chi connectivity index (χ1) is 9.04. The van der Waals surface area contributed by atoms with Gasteiger partial charge in [-0.15, -0.1) is 0 Å². The molecule has 19 heavy (non-hydrogen) atoms. The molecule has 1 saturated carbocycles. The molecule has 0 radical (unpaired) electrons. The third kappa shape index (κ3) is 2.83. The normalized spacial score (nSPS) is 16.3. The van der Waals surface area contributed by atoms with E-state index in [-0.39, 0.29) is 16.1 Å². The molecule has 0 bridgehead atoms. The topological polar surface area (TPSA) is 61.8 Å². The highest BCUT2D eigenvalue weighted by molar-refractivity contribution is 9.10. The van der Waals surface area contributed by atoms with Gasteiger partial charge in [0.25, 0.3) is 0 Å². The molecule has 0 spiro atoms. The summed E-state index contributed by atoms with van der Waals surface area (Å²) in [5.74, 6) is 0.164. The van der Waals surface area contributed by atoms with E-state index in [1.807, 2.05) is 11.9 Å². The largest absolute Gasteiger partial charge is 0.409 e. The van der Waals surface area contributed by atoms with Gasteiger partial charge in [-0.2, -0.15) is 0 Å². The zero-order chi connectivity index (χ0) is 14.0. The van der Waals surface area contributed by atoms with Crippen molar-refractivity contribution >= 4 is 27.5 Å². The van der Waals surface area contributed by atoms with Crippen LogP contribution in [-0.4, -0.2) is 24.6 Å². The van der Waals surface area contributed by atoms with Gasteiger partial charge >= 0.3 is 0 Å². The summed E-state index contributed by atoms with van der Waals surface area (Å²) >= 11 is 3.16. The zero-order valence-electron chi connectivity index (χ0n) is 10.7. The fourth-order valence-electron chi connectivity index (χ4n) is 2.25. The molecule has 0 amide bonds. The number of hydrogen-bond acceptors (Lipinski definition) is 3. The second-order valence-corrected chi connectivity index (χ2v) is 5.72. The third-order valence-electron chi connectivity index (χ3n) is 3.61. The monoisotopic (exact) mass is 329 g/mol. The fraction of sp³-hybridized carbons (Fsp3) is 0.462. The highest BCUT2D eigenvalue weighted by Crippen LogP contribution is 2.32. The average molecular weight is 330 g/mol. The molecule has 0 atom stereocenters. The third-order valence-corrected chi connectivity index (χ3v) is 4.39. The predicted molar refractivity (Wildman–Crippen MR) is 77.2 cm³/mol. The van der Waals surface area contributed by atoms with Crippen molar-refractivity contribution in [2.75, 3.05) is 18.5 Å². The highest BCUT2D eigenvalue weighted by Gasteiger charge is 2.22. The van der Waals surface area contributed by atoms with Crippen LogP contribution in [0.4, 0.5) is 10.1 Å². The van der Waals surface area contributed by atoms with E-state index in [0.717, 1.165) is 6.54 Å². The van der Waals surface area contributed by atoms with Crippen molar-refractivity contribution in [2.45, 2.75) is 19.3 Å². The molecule has 0 saturated heterocycles. The van der Waals surface area contributed by atoms with Gasteiger partial charge in [0.1, 0.15) is 0 Å². The van der Waals surface area contributed by atoms with E-state index in [1.54, 1.807) is 12.1 Å².